The van der Waals surface area contributed by atoms with Crippen LogP contribution in [0, 0.1) is 0 Å². The first kappa shape index (κ1) is 45.2. The number of unbranched alkanes of at least 4 members (excludes halogenated alkanes) is 4. The number of nitrogens with one attached hydrogen (secondary N) is 1. The summed E-state index contributed by atoms with van der Waals surface area (Å²) in [6.07, 6.45) is 11.1. The first-order valence-electron chi connectivity index (χ1n) is 21.2. The highest BCUT2D eigenvalue weighted by Gasteiger charge is 2.43. The third-order valence-electron chi connectivity index (χ3n) is 11.7. The quantitative estimate of drug-likeness (QED) is 0.0305. The number of nitrogens with two attached hydrogens (primary N) is 1. The van der Waals surface area contributed by atoms with Crippen LogP contribution in [0.2, 0.25) is 0 Å². The highest BCUT2D eigenvalue weighted by molar-refractivity contribution is 7.45. The van der Waals surface area contributed by atoms with Crippen molar-refractivity contribution >= 4 is 13.7 Å². The first-order valence-corrected chi connectivity index (χ1v) is 22.7. The van der Waals surface area contributed by atoms with Crippen molar-refractivity contribution < 1.29 is 38.0 Å². The van der Waals surface area contributed by atoms with Crippen LogP contribution in [0.1, 0.15) is 105 Å². The third kappa shape index (κ3) is 13.9. The lowest BCUT2D eigenvalue weighted by Crippen LogP contribution is -2.53. The van der Waals surface area contributed by atoms with Crippen LogP contribution < -0.4 is 20.5 Å². The number of ether oxygens (including phenoxy) is 1. The molecule has 0 spiro atoms. The number of amides is 1. The van der Waals surface area contributed by atoms with Gasteiger partial charge in [-0.3, -0.25) is 9.36 Å². The van der Waals surface area contributed by atoms with E-state index in [0.29, 0.717) is 41.7 Å². The Kier molecular flexibility index (Phi) is 18.0. The second-order valence-corrected chi connectivity index (χ2v) is 17.1. The number of carbonyl (C=O) groups is 1. The fourth-order valence-corrected chi connectivity index (χ4v) is 8.91. The van der Waals surface area contributed by atoms with E-state index in [9.17, 15) is 24.3 Å². The molecule has 0 aliphatic carbocycles. The molecule has 11 heteroatoms. The van der Waals surface area contributed by atoms with Crippen molar-refractivity contribution in [1.29, 1.82) is 0 Å². The lowest BCUT2D eigenvalue weighted by molar-refractivity contribution is -0.940. The van der Waals surface area contributed by atoms with E-state index in [-0.39, 0.29) is 5.75 Å². The fourth-order valence-electron chi connectivity index (χ4n) is 8.48. The molecule has 1 heterocycles. The van der Waals surface area contributed by atoms with Crippen LogP contribution in [0.4, 0.5) is 0 Å². The Morgan fingerprint density at radius 1 is 0.810 bits per heavy atom. The number of aliphatic hydroxyl groups is 1. The Morgan fingerprint density at radius 3 is 2.00 bits per heavy atom. The van der Waals surface area contributed by atoms with E-state index < -0.39 is 25.2 Å². The van der Waals surface area contributed by atoms with Gasteiger partial charge in [0.1, 0.15) is 17.7 Å². The Morgan fingerprint density at radius 2 is 1.40 bits per heavy atom. The lowest BCUT2D eigenvalue weighted by atomic mass is 9.71. The summed E-state index contributed by atoms with van der Waals surface area (Å²) in [5, 5.41) is 14.7. The summed E-state index contributed by atoms with van der Waals surface area (Å²) in [6.45, 7) is 5.26. The average molecular weight is 814 g/mol. The van der Waals surface area contributed by atoms with Gasteiger partial charge in [0, 0.05) is 31.7 Å². The van der Waals surface area contributed by atoms with Gasteiger partial charge in [-0.25, -0.2) is 0 Å². The molecule has 1 aliphatic heterocycles. The molecule has 5 rings (SSSR count). The number of rotatable bonds is 25. The number of quaternary nitrogens is 1. The van der Waals surface area contributed by atoms with Crippen LogP contribution in [0.3, 0.4) is 0 Å². The minimum Gasteiger partial charge on any atom is -0.746 e. The predicted molar refractivity (Wildman–Crippen MR) is 228 cm³/mol. The normalized spacial score (nSPS) is 15.9. The van der Waals surface area contributed by atoms with E-state index in [0.717, 1.165) is 115 Å². The number of hydrogen-bond donors (Lipinski definition) is 4. The molecule has 4 aromatic carbocycles. The summed E-state index contributed by atoms with van der Waals surface area (Å²) in [7, 11) is -5.13. The number of hydrogen-bond acceptors (Lipinski definition) is 7. The largest absolute Gasteiger partial charge is 0.746 e. The van der Waals surface area contributed by atoms with Crippen molar-refractivity contribution in [2.75, 3.05) is 45.9 Å². The molecule has 5 N–H and O–H groups in total. The zero-order chi connectivity index (χ0) is 41.1. The Bertz CT molecular complexity index is 1790. The van der Waals surface area contributed by atoms with Gasteiger partial charge in [0.2, 0.25) is 5.91 Å². The van der Waals surface area contributed by atoms with Gasteiger partial charge >= 0.3 is 7.82 Å². The zero-order valence-electron chi connectivity index (χ0n) is 34.0. The monoisotopic (exact) mass is 813 g/mol. The van der Waals surface area contributed by atoms with E-state index in [1.807, 2.05) is 66.7 Å². The van der Waals surface area contributed by atoms with Crippen LogP contribution in [-0.2, 0) is 32.5 Å². The van der Waals surface area contributed by atoms with Crippen LogP contribution in [0.25, 0.3) is 0 Å². The van der Waals surface area contributed by atoms with Crippen molar-refractivity contribution in [3.8, 4) is 5.75 Å². The van der Waals surface area contributed by atoms with E-state index in [4.69, 9.17) is 15.0 Å². The van der Waals surface area contributed by atoms with E-state index in [1.54, 1.807) is 12.1 Å². The molecule has 58 heavy (non-hydrogen) atoms. The van der Waals surface area contributed by atoms with E-state index in [1.165, 1.54) is 11.6 Å². The number of nitrogens with zero attached hydrogens (tertiary/aromatic N) is 1. The molecule has 4 aromatic rings. The number of likely N-dealkylation sites (tertiary alicyclic amines) is 1. The summed E-state index contributed by atoms with van der Waals surface area (Å²) in [4.78, 5) is 35.5. The molecular formula is C47H64N3O7P. The topological polar surface area (TPSA) is 154 Å². The zero-order valence-corrected chi connectivity index (χ0v) is 34.9. The van der Waals surface area contributed by atoms with E-state index in [2.05, 4.69) is 29.6 Å². The molecular weight excluding hydrogens is 750 g/mol. The van der Waals surface area contributed by atoms with Gasteiger partial charge in [0.15, 0.2) is 0 Å². The summed E-state index contributed by atoms with van der Waals surface area (Å²) in [6, 6.07) is 34.9. The molecule has 0 bridgehead atoms. The first-order chi connectivity index (χ1) is 28.1. The number of aryl methyl sites for hydroxylation is 1. The molecule has 2 atom stereocenters. The maximum absolute atomic E-state index is 13.7. The Labute approximate surface area is 345 Å². The molecule has 1 fully saturated rings. The minimum atomic E-state index is -5.13. The maximum Gasteiger partial charge on any atom is 0.317 e. The summed E-state index contributed by atoms with van der Waals surface area (Å²) in [5.74, 6) is -0.392. The minimum absolute atomic E-state index is 0.0370. The highest BCUT2D eigenvalue weighted by Crippen LogP contribution is 2.41. The second-order valence-electron chi connectivity index (χ2n) is 16.0. The summed E-state index contributed by atoms with van der Waals surface area (Å²) >= 11 is 0. The van der Waals surface area contributed by atoms with Gasteiger partial charge in [-0.15, -0.1) is 0 Å². The lowest BCUT2D eigenvalue weighted by Gasteiger charge is -2.42. The molecule has 10 nitrogen and oxygen atoms in total. The van der Waals surface area contributed by atoms with Gasteiger partial charge < -0.3 is 39.7 Å². The summed E-state index contributed by atoms with van der Waals surface area (Å²) in [5.41, 5.74) is 9.48. The van der Waals surface area contributed by atoms with Gasteiger partial charge in [-0.05, 0) is 98.7 Å². The van der Waals surface area contributed by atoms with Gasteiger partial charge in [0.05, 0.1) is 25.7 Å². The Balaban J connectivity index is 1.19. The standard InChI is InChI=1S/C47H64N3O7P/c48-46(52)47(42-23-10-6-11-24-42,43-25-12-7-13-26-43)29-33-50(31-16-2-3-17-32-50)38-41-36-40(27-28-45(41)57-58(53,54)55)44(51)37-49-30-15-1-4-18-34-56-35-19-14-22-39-20-8-5-9-21-39/h5-13,20-21,23-28,36,44,49,51H,1-4,14-19,22,29-35,37-38H2,(H3-,48,52,53,54,55). The predicted octanol–water partition coefficient (Wildman–Crippen LogP) is 7.50. The van der Waals surface area contributed by atoms with Crippen molar-refractivity contribution in [2.45, 2.75) is 95.1 Å². The van der Waals surface area contributed by atoms with Crippen LogP contribution in [0.15, 0.2) is 109 Å². The smallest absolute Gasteiger partial charge is 0.317 e. The van der Waals surface area contributed by atoms with Crippen LogP contribution in [-0.4, -0.2) is 66.3 Å². The van der Waals surface area contributed by atoms with Crippen LogP contribution >= 0.6 is 7.82 Å². The van der Waals surface area contributed by atoms with Gasteiger partial charge in [-0.1, -0.05) is 110 Å². The van der Waals surface area contributed by atoms with Crippen molar-refractivity contribution in [3.63, 3.8) is 0 Å². The second kappa shape index (κ2) is 23.1. The molecule has 2 unspecified atom stereocenters. The average Bonchev–Trinajstić information content (AvgIpc) is 3.46. The molecule has 0 radical (unpaired) electrons. The molecule has 314 valence electrons. The number of carbonyl (C=O) groups excluding carboxylic acids is 1. The maximum atomic E-state index is 13.7. The summed E-state index contributed by atoms with van der Waals surface area (Å²) < 4.78 is 23.6. The highest BCUT2D eigenvalue weighted by atomic mass is 31.2. The van der Waals surface area contributed by atoms with Crippen molar-refractivity contribution in [3.05, 3.63) is 137 Å². The molecule has 1 saturated heterocycles. The number of phosphoric ester groups is 1. The van der Waals surface area contributed by atoms with Crippen LogP contribution in [0.5, 0.6) is 5.75 Å². The van der Waals surface area contributed by atoms with Gasteiger partial charge in [0.25, 0.3) is 0 Å². The van der Waals surface area contributed by atoms with E-state index >= 15 is 0 Å². The van der Waals surface area contributed by atoms with Crippen molar-refractivity contribution in [1.82, 2.24) is 5.32 Å². The fraction of sp³-hybridized carbons (Fsp3) is 0.468. The van der Waals surface area contributed by atoms with Gasteiger partial charge in [-0.2, -0.15) is 0 Å². The number of phosphoric acid groups is 1. The Hall–Kier alpha value is -3.86. The molecule has 1 amide bonds. The van der Waals surface area contributed by atoms with Crippen molar-refractivity contribution in [2.24, 2.45) is 5.73 Å². The molecule has 0 saturated carbocycles. The third-order valence-corrected chi connectivity index (χ3v) is 12.1. The molecule has 1 aliphatic rings. The number of aliphatic hydroxyl groups excluding tert-OH is 1. The number of benzene rings is 4. The molecule has 0 aromatic heterocycles. The SMILES string of the molecule is NC(=O)C(CC[N+]1(Cc2cc(C(O)CNCCCCCCOCCCCc3ccccc3)ccc2OP(=O)([O-])O)CCCCCC1)(c1ccccc1)c1ccccc1. The number of primary amides is 1.